The summed E-state index contributed by atoms with van der Waals surface area (Å²) in [5.74, 6) is 1.38. The van der Waals surface area contributed by atoms with E-state index in [1.165, 1.54) is 5.56 Å². The summed E-state index contributed by atoms with van der Waals surface area (Å²) in [5.41, 5.74) is 6.38. The minimum absolute atomic E-state index is 0.00617. The molecule has 0 amide bonds. The van der Waals surface area contributed by atoms with Crippen molar-refractivity contribution in [3.05, 3.63) is 76.1 Å². The van der Waals surface area contributed by atoms with E-state index in [1.54, 1.807) is 6.08 Å². The van der Waals surface area contributed by atoms with E-state index < -0.39 is 21.6 Å². The van der Waals surface area contributed by atoms with Crippen LogP contribution < -0.4 is 4.74 Å². The van der Waals surface area contributed by atoms with Gasteiger partial charge < -0.3 is 24.3 Å². The van der Waals surface area contributed by atoms with Crippen molar-refractivity contribution in [2.45, 2.75) is 70.6 Å². The molecule has 5 nitrogen and oxygen atoms in total. The first-order valence-corrected chi connectivity index (χ1v) is 13.9. The van der Waals surface area contributed by atoms with E-state index in [4.69, 9.17) is 4.74 Å². The van der Waals surface area contributed by atoms with Gasteiger partial charge in [0, 0.05) is 11.1 Å². The lowest BCUT2D eigenvalue weighted by Crippen LogP contribution is -2.34. The lowest BCUT2D eigenvalue weighted by atomic mass is 9.74. The molecule has 2 aliphatic carbocycles. The predicted octanol–water partition coefficient (Wildman–Crippen LogP) is 6.47. The highest BCUT2D eigenvalue weighted by atomic mass is 31.2. The molecule has 0 bridgehead atoms. The summed E-state index contributed by atoms with van der Waals surface area (Å²) >= 11 is 0. The highest BCUT2D eigenvalue weighted by Gasteiger charge is 2.56. The largest absolute Gasteiger partial charge is 0.457 e. The highest BCUT2D eigenvalue weighted by molar-refractivity contribution is 7.67. The van der Waals surface area contributed by atoms with Crippen LogP contribution in [0.3, 0.4) is 0 Å². The Kier molecular flexibility index (Phi) is 6.39. The Labute approximate surface area is 204 Å². The number of rotatable bonds is 4. The molecule has 2 aliphatic rings. The van der Waals surface area contributed by atoms with Crippen molar-refractivity contribution >= 4 is 27.9 Å². The van der Waals surface area contributed by atoms with Gasteiger partial charge in [-0.25, -0.2) is 0 Å². The number of aryl methyl sites for hydroxylation is 1. The summed E-state index contributed by atoms with van der Waals surface area (Å²) in [6, 6.07) is 11.9. The number of allylic oxidation sites excluding steroid dienone is 3. The van der Waals surface area contributed by atoms with Crippen molar-refractivity contribution in [1.29, 1.82) is 0 Å². The van der Waals surface area contributed by atoms with Crippen molar-refractivity contribution in [3.63, 3.8) is 0 Å². The maximum Gasteiger partial charge on any atom is 0.186 e. The Morgan fingerprint density at radius 2 is 1.38 bits per heavy atom. The van der Waals surface area contributed by atoms with Crippen LogP contribution in [0.5, 0.6) is 5.75 Å². The normalized spacial score (nSPS) is 17.4. The number of hydrogen-bond acceptors (Lipinski definition) is 5. The molecular weight excluding hydrogens is 466 g/mol. The fourth-order valence-corrected chi connectivity index (χ4v) is 7.07. The molecule has 4 N–H and O–H groups in total. The summed E-state index contributed by atoms with van der Waals surface area (Å²) in [4.78, 5) is 39.8. The molecule has 0 saturated carbocycles. The Bertz CT molecular complexity index is 1190. The Morgan fingerprint density at radius 3 is 1.91 bits per heavy atom. The summed E-state index contributed by atoms with van der Waals surface area (Å²) < 4.78 is 6.60. The van der Waals surface area contributed by atoms with Gasteiger partial charge in [-0.2, -0.15) is 0 Å². The molecular formula is C27H34O5P2. The minimum atomic E-state index is -2.64. The third-order valence-corrected chi connectivity index (χ3v) is 9.97. The van der Waals surface area contributed by atoms with Crippen LogP contribution in [0, 0.1) is 6.92 Å². The van der Waals surface area contributed by atoms with Gasteiger partial charge in [0.1, 0.15) is 16.4 Å². The van der Waals surface area contributed by atoms with E-state index in [1.807, 2.05) is 24.3 Å². The van der Waals surface area contributed by atoms with Gasteiger partial charge in [-0.1, -0.05) is 71.9 Å². The van der Waals surface area contributed by atoms with Crippen LogP contribution in [0.4, 0.5) is 0 Å². The third kappa shape index (κ3) is 3.97. The van der Waals surface area contributed by atoms with Crippen molar-refractivity contribution in [2.75, 3.05) is 0 Å². The smallest absolute Gasteiger partial charge is 0.186 e. The van der Waals surface area contributed by atoms with Crippen LogP contribution in [0.25, 0.3) is 11.1 Å². The molecule has 182 valence electrons. The molecule has 0 fully saturated rings. The summed E-state index contributed by atoms with van der Waals surface area (Å²) in [6.07, 6.45) is 1.86. The predicted molar refractivity (Wildman–Crippen MR) is 141 cm³/mol. The Morgan fingerprint density at radius 1 is 0.824 bits per heavy atom. The average molecular weight is 501 g/mol. The molecule has 0 atom stereocenters. The molecule has 4 rings (SSSR count). The molecule has 2 aromatic rings. The maximum absolute atomic E-state index is 10.3. The molecule has 0 unspecified atom stereocenters. The Balaban J connectivity index is 1.85. The lowest BCUT2D eigenvalue weighted by Gasteiger charge is -2.45. The SMILES string of the molecule is Cc1cc(OC2=CCC(P(O)O)(P(O)O)C3=C2c2ccccc23)c(C(C)(C)C)cc1C(C)(C)C. The first kappa shape index (κ1) is 25.5. The van der Waals surface area contributed by atoms with Gasteiger partial charge >= 0.3 is 0 Å². The quantitative estimate of drug-likeness (QED) is 0.361. The molecule has 0 aliphatic heterocycles. The topological polar surface area (TPSA) is 90.2 Å². The fraction of sp³-hybridized carbons (Fsp3) is 0.407. The molecule has 2 aromatic carbocycles. The van der Waals surface area contributed by atoms with Crippen LogP contribution in [0.1, 0.15) is 75.8 Å². The summed E-state index contributed by atoms with van der Waals surface area (Å²) in [7, 11) is -5.27. The van der Waals surface area contributed by atoms with Crippen molar-refractivity contribution in [1.82, 2.24) is 0 Å². The van der Waals surface area contributed by atoms with Crippen LogP contribution >= 0.6 is 16.8 Å². The number of ether oxygens (including phenoxy) is 1. The number of fused-ring (bicyclic) bond motifs is 3. The van der Waals surface area contributed by atoms with Crippen LogP contribution in [-0.2, 0) is 10.8 Å². The molecule has 34 heavy (non-hydrogen) atoms. The van der Waals surface area contributed by atoms with Crippen molar-refractivity contribution < 1.29 is 24.3 Å². The van der Waals surface area contributed by atoms with E-state index in [0.29, 0.717) is 11.3 Å². The highest BCUT2D eigenvalue weighted by Crippen LogP contribution is 2.73. The van der Waals surface area contributed by atoms with Gasteiger partial charge in [0.25, 0.3) is 0 Å². The van der Waals surface area contributed by atoms with Gasteiger partial charge in [-0.3, -0.25) is 0 Å². The van der Waals surface area contributed by atoms with Crippen molar-refractivity contribution in [2.24, 2.45) is 0 Å². The fourth-order valence-electron chi connectivity index (χ4n) is 5.05. The second kappa shape index (κ2) is 8.52. The molecule has 0 heterocycles. The zero-order valence-electron chi connectivity index (χ0n) is 20.8. The van der Waals surface area contributed by atoms with Gasteiger partial charge in [-0.15, -0.1) is 0 Å². The maximum atomic E-state index is 10.3. The zero-order chi connectivity index (χ0) is 25.2. The first-order chi connectivity index (χ1) is 15.7. The molecule has 7 heteroatoms. The van der Waals surface area contributed by atoms with Gasteiger partial charge in [0.15, 0.2) is 16.8 Å². The molecule has 0 saturated heterocycles. The zero-order valence-corrected chi connectivity index (χ0v) is 22.6. The van der Waals surface area contributed by atoms with E-state index in [0.717, 1.165) is 33.6 Å². The van der Waals surface area contributed by atoms with E-state index in [2.05, 4.69) is 60.6 Å². The average Bonchev–Trinajstić information content (AvgIpc) is 2.69. The van der Waals surface area contributed by atoms with Gasteiger partial charge in [0.2, 0.25) is 0 Å². The van der Waals surface area contributed by atoms with Gasteiger partial charge in [0.05, 0.1) is 0 Å². The first-order valence-electron chi connectivity index (χ1n) is 11.4. The van der Waals surface area contributed by atoms with Crippen LogP contribution in [0.15, 0.2) is 48.2 Å². The summed E-state index contributed by atoms with van der Waals surface area (Å²) in [5, 5.41) is 0. The van der Waals surface area contributed by atoms with Crippen LogP contribution in [0.2, 0.25) is 0 Å². The third-order valence-electron chi connectivity index (χ3n) is 6.76. The second-order valence-electron chi connectivity index (χ2n) is 11.2. The monoisotopic (exact) mass is 500 g/mol. The molecule has 0 radical (unpaired) electrons. The van der Waals surface area contributed by atoms with Crippen LogP contribution in [-0.4, -0.2) is 24.5 Å². The molecule has 0 aromatic heterocycles. The molecule has 0 spiro atoms. The van der Waals surface area contributed by atoms with Gasteiger partial charge in [-0.05, 0) is 64.1 Å². The minimum Gasteiger partial charge on any atom is -0.457 e. The Hall–Kier alpha value is -1.58. The standard InChI is InChI=1S/C27H34O5P2/c1-16-14-22(20(26(5,6)7)15-19(16)25(2,3)4)32-21-12-13-27(33(28)29,34(30)31)24-18-11-9-8-10-17(18)23(21)24/h8-12,14-15,28-31H,13H2,1-7H3. The van der Waals surface area contributed by atoms with Crippen molar-refractivity contribution in [3.8, 4) is 5.75 Å². The van der Waals surface area contributed by atoms with E-state index >= 15 is 0 Å². The number of benzene rings is 2. The second-order valence-corrected chi connectivity index (χ2v) is 14.3. The summed E-state index contributed by atoms with van der Waals surface area (Å²) in [6.45, 7) is 15.2. The van der Waals surface area contributed by atoms with E-state index in [9.17, 15) is 19.6 Å². The van der Waals surface area contributed by atoms with E-state index in [-0.39, 0.29) is 17.3 Å². The lowest BCUT2D eigenvalue weighted by molar-refractivity contribution is 0.412. The number of hydrogen-bond donors (Lipinski definition) is 4.